The minimum atomic E-state index is -0.411. The molecule has 0 radical (unpaired) electrons. The highest BCUT2D eigenvalue weighted by atomic mass is 32.1. The van der Waals surface area contributed by atoms with Crippen LogP contribution in [0.3, 0.4) is 0 Å². The van der Waals surface area contributed by atoms with Crippen molar-refractivity contribution in [3.63, 3.8) is 0 Å². The first kappa shape index (κ1) is 13.7. The quantitative estimate of drug-likeness (QED) is 0.867. The second-order valence-corrected chi connectivity index (χ2v) is 6.35. The molecule has 0 saturated carbocycles. The van der Waals surface area contributed by atoms with Gasteiger partial charge in [0, 0.05) is 12.5 Å². The maximum Gasteiger partial charge on any atom is 0.246 e. The lowest BCUT2D eigenvalue weighted by atomic mass is 9.95. The van der Waals surface area contributed by atoms with Gasteiger partial charge in [-0.3, -0.25) is 4.79 Å². The Labute approximate surface area is 116 Å². The van der Waals surface area contributed by atoms with Crippen LogP contribution in [-0.2, 0) is 11.3 Å². The van der Waals surface area contributed by atoms with E-state index in [0.29, 0.717) is 18.3 Å². The zero-order valence-electron chi connectivity index (χ0n) is 11.5. The number of rotatable bonds is 3. The van der Waals surface area contributed by atoms with E-state index < -0.39 is 5.41 Å². The molecule has 0 unspecified atom stereocenters. The topological polar surface area (TPSA) is 59.2 Å². The van der Waals surface area contributed by atoms with Gasteiger partial charge in [-0.25, -0.2) is 0 Å². The van der Waals surface area contributed by atoms with E-state index in [-0.39, 0.29) is 5.91 Å². The summed E-state index contributed by atoms with van der Waals surface area (Å²) >= 11 is 1.55. The molecular weight excluding hydrogens is 262 g/mol. The molecule has 1 amide bonds. The fraction of sp³-hybridized carbons (Fsp3) is 0.462. The van der Waals surface area contributed by atoms with E-state index in [1.165, 1.54) is 0 Å². The van der Waals surface area contributed by atoms with Crippen LogP contribution >= 0.6 is 11.3 Å². The van der Waals surface area contributed by atoms with E-state index in [9.17, 15) is 4.79 Å². The second kappa shape index (κ2) is 5.13. The van der Waals surface area contributed by atoms with Crippen molar-refractivity contribution in [1.29, 1.82) is 0 Å². The van der Waals surface area contributed by atoms with Crippen LogP contribution in [0, 0.1) is 5.41 Å². The van der Waals surface area contributed by atoms with Gasteiger partial charge in [0.2, 0.25) is 17.6 Å². The summed E-state index contributed by atoms with van der Waals surface area (Å²) in [5, 5.41) is 5.88. The molecular formula is C13H17N3O2S. The van der Waals surface area contributed by atoms with Crippen LogP contribution in [0.4, 0.5) is 0 Å². The van der Waals surface area contributed by atoms with Crippen molar-refractivity contribution < 1.29 is 9.32 Å². The maximum atomic E-state index is 12.0. The summed E-state index contributed by atoms with van der Waals surface area (Å²) in [5.41, 5.74) is -0.411. The Kier molecular flexibility index (Phi) is 3.71. The molecule has 6 heteroatoms. The number of aromatic nitrogens is 2. The van der Waals surface area contributed by atoms with Gasteiger partial charge >= 0.3 is 0 Å². The van der Waals surface area contributed by atoms with E-state index in [1.54, 1.807) is 23.3 Å². The normalized spacial score (nSPS) is 11.6. The maximum absolute atomic E-state index is 12.0. The van der Waals surface area contributed by atoms with Crippen molar-refractivity contribution >= 4 is 17.2 Å². The fourth-order valence-electron chi connectivity index (χ4n) is 1.67. The molecule has 2 aromatic rings. The van der Waals surface area contributed by atoms with Gasteiger partial charge in [-0.2, -0.15) is 4.98 Å². The Morgan fingerprint density at radius 2 is 2.21 bits per heavy atom. The highest BCUT2D eigenvalue weighted by Crippen LogP contribution is 2.22. The first-order chi connectivity index (χ1) is 8.88. The molecule has 5 nitrogen and oxygen atoms in total. The van der Waals surface area contributed by atoms with E-state index in [4.69, 9.17) is 4.52 Å². The molecule has 0 aliphatic rings. The highest BCUT2D eigenvalue weighted by molar-refractivity contribution is 7.13. The fourth-order valence-corrected chi connectivity index (χ4v) is 2.32. The summed E-state index contributed by atoms with van der Waals surface area (Å²) in [4.78, 5) is 18.9. The lowest BCUT2D eigenvalue weighted by molar-refractivity contribution is -0.138. The number of amides is 1. The third-order valence-electron chi connectivity index (χ3n) is 2.57. The standard InChI is InChI=1S/C13H17N3O2S/c1-13(2,3)12(17)16(4)8-10-14-11(15-18-10)9-6-5-7-19-9/h5-7H,8H2,1-4H3. The molecule has 102 valence electrons. The van der Waals surface area contributed by atoms with Crippen molar-refractivity contribution in [2.75, 3.05) is 7.05 Å². The Bertz CT molecular complexity index is 555. The largest absolute Gasteiger partial charge is 0.337 e. The molecule has 19 heavy (non-hydrogen) atoms. The molecule has 0 aliphatic heterocycles. The lowest BCUT2D eigenvalue weighted by Gasteiger charge is -2.24. The van der Waals surface area contributed by atoms with Crippen LogP contribution < -0.4 is 0 Å². The van der Waals surface area contributed by atoms with E-state index >= 15 is 0 Å². The Hall–Kier alpha value is -1.69. The minimum absolute atomic E-state index is 0.0448. The van der Waals surface area contributed by atoms with Crippen LogP contribution in [-0.4, -0.2) is 28.0 Å². The second-order valence-electron chi connectivity index (χ2n) is 5.40. The zero-order chi connectivity index (χ0) is 14.0. The van der Waals surface area contributed by atoms with Gasteiger partial charge in [-0.05, 0) is 11.4 Å². The molecule has 0 bridgehead atoms. The summed E-state index contributed by atoms with van der Waals surface area (Å²) < 4.78 is 5.17. The van der Waals surface area contributed by atoms with Gasteiger partial charge < -0.3 is 9.42 Å². The van der Waals surface area contributed by atoms with Crippen LogP contribution in [0.5, 0.6) is 0 Å². The molecule has 0 atom stereocenters. The molecule has 0 spiro atoms. The number of nitrogens with zero attached hydrogens (tertiary/aromatic N) is 3. The Balaban J connectivity index is 2.07. The molecule has 0 aromatic carbocycles. The smallest absolute Gasteiger partial charge is 0.246 e. The average molecular weight is 279 g/mol. The van der Waals surface area contributed by atoms with Crippen molar-refractivity contribution in [3.05, 3.63) is 23.4 Å². The SMILES string of the molecule is CN(Cc1nc(-c2cccs2)no1)C(=O)C(C)(C)C. The van der Waals surface area contributed by atoms with Gasteiger partial charge in [0.15, 0.2) is 0 Å². The van der Waals surface area contributed by atoms with Crippen LogP contribution in [0.1, 0.15) is 26.7 Å². The predicted molar refractivity (Wildman–Crippen MR) is 73.5 cm³/mol. The molecule has 2 rings (SSSR count). The van der Waals surface area contributed by atoms with Crippen LogP contribution in [0.2, 0.25) is 0 Å². The van der Waals surface area contributed by atoms with E-state index in [2.05, 4.69) is 10.1 Å². The molecule has 2 heterocycles. The van der Waals surface area contributed by atoms with Crippen LogP contribution in [0.25, 0.3) is 10.7 Å². The predicted octanol–water partition coefficient (Wildman–Crippen LogP) is 2.80. The molecule has 0 fully saturated rings. The van der Waals surface area contributed by atoms with Gasteiger partial charge in [0.1, 0.15) is 0 Å². The molecule has 0 aliphatic carbocycles. The van der Waals surface area contributed by atoms with Gasteiger partial charge in [-0.15, -0.1) is 11.3 Å². The lowest BCUT2D eigenvalue weighted by Crippen LogP contribution is -2.36. The summed E-state index contributed by atoms with van der Waals surface area (Å²) in [5.74, 6) is 1.06. The monoisotopic (exact) mass is 279 g/mol. The molecule has 0 saturated heterocycles. The third-order valence-corrected chi connectivity index (χ3v) is 3.44. The van der Waals surface area contributed by atoms with Crippen molar-refractivity contribution in [2.45, 2.75) is 27.3 Å². The summed E-state index contributed by atoms with van der Waals surface area (Å²) in [6.45, 7) is 5.98. The van der Waals surface area contributed by atoms with Crippen molar-refractivity contribution in [1.82, 2.24) is 15.0 Å². The molecule has 2 aromatic heterocycles. The summed E-state index contributed by atoms with van der Waals surface area (Å²) in [6, 6.07) is 3.87. The summed E-state index contributed by atoms with van der Waals surface area (Å²) in [6.07, 6.45) is 0. The van der Waals surface area contributed by atoms with Gasteiger partial charge in [0.25, 0.3) is 0 Å². The average Bonchev–Trinajstić information content (AvgIpc) is 2.95. The van der Waals surface area contributed by atoms with Gasteiger partial charge in [-0.1, -0.05) is 32.0 Å². The number of hydrogen-bond acceptors (Lipinski definition) is 5. The number of carbonyl (C=O) groups excluding carboxylic acids is 1. The number of hydrogen-bond donors (Lipinski definition) is 0. The first-order valence-corrected chi connectivity index (χ1v) is 6.88. The zero-order valence-corrected chi connectivity index (χ0v) is 12.3. The summed E-state index contributed by atoms with van der Waals surface area (Å²) in [7, 11) is 1.74. The van der Waals surface area contributed by atoms with Crippen molar-refractivity contribution in [2.24, 2.45) is 5.41 Å². The van der Waals surface area contributed by atoms with E-state index in [1.807, 2.05) is 38.3 Å². The van der Waals surface area contributed by atoms with Crippen LogP contribution in [0.15, 0.2) is 22.0 Å². The third kappa shape index (κ3) is 3.20. The Morgan fingerprint density at radius 1 is 1.47 bits per heavy atom. The highest BCUT2D eigenvalue weighted by Gasteiger charge is 2.26. The van der Waals surface area contributed by atoms with E-state index in [0.717, 1.165) is 4.88 Å². The first-order valence-electron chi connectivity index (χ1n) is 6.00. The van der Waals surface area contributed by atoms with Crippen molar-refractivity contribution in [3.8, 4) is 10.7 Å². The number of thiophene rings is 1. The van der Waals surface area contributed by atoms with Gasteiger partial charge in [0.05, 0.1) is 11.4 Å². The molecule has 0 N–H and O–H groups in total. The Morgan fingerprint density at radius 3 is 2.79 bits per heavy atom. The minimum Gasteiger partial charge on any atom is -0.337 e. The number of carbonyl (C=O) groups is 1.